The van der Waals surface area contributed by atoms with Gasteiger partial charge in [0.25, 0.3) is 11.8 Å². The summed E-state index contributed by atoms with van der Waals surface area (Å²) in [6, 6.07) is 7.90. The number of methoxy groups -OCH3 is 1. The van der Waals surface area contributed by atoms with Gasteiger partial charge in [0.2, 0.25) is 0 Å². The van der Waals surface area contributed by atoms with Crippen LogP contribution in [0, 0.1) is 19.7 Å². The summed E-state index contributed by atoms with van der Waals surface area (Å²) in [5, 5.41) is 12.6. The Morgan fingerprint density at radius 2 is 1.94 bits per heavy atom. The van der Waals surface area contributed by atoms with Crippen LogP contribution >= 0.6 is 0 Å². The van der Waals surface area contributed by atoms with Crippen LogP contribution in [-0.4, -0.2) is 49.6 Å². The molecule has 3 heterocycles. The highest BCUT2D eigenvalue weighted by atomic mass is 19.1. The molecule has 1 fully saturated rings. The number of hydrogen-bond acceptors (Lipinski definition) is 7. The van der Waals surface area contributed by atoms with Crippen molar-refractivity contribution in [3.8, 4) is 22.9 Å². The summed E-state index contributed by atoms with van der Waals surface area (Å²) in [6.07, 6.45) is 4.63. The van der Waals surface area contributed by atoms with Crippen LogP contribution in [0.5, 0.6) is 5.75 Å². The van der Waals surface area contributed by atoms with Crippen LogP contribution in [0.2, 0.25) is 0 Å². The summed E-state index contributed by atoms with van der Waals surface area (Å²) in [4.78, 5) is 21.4. The van der Waals surface area contributed by atoms with E-state index in [-0.39, 0.29) is 23.6 Å². The van der Waals surface area contributed by atoms with Gasteiger partial charge in [-0.25, -0.2) is 4.39 Å². The van der Waals surface area contributed by atoms with Gasteiger partial charge in [-0.3, -0.25) is 4.79 Å². The molecule has 0 saturated carbocycles. The van der Waals surface area contributed by atoms with E-state index < -0.39 is 5.82 Å². The van der Waals surface area contributed by atoms with E-state index in [1.54, 1.807) is 29.4 Å². The number of aromatic nitrogens is 5. The highest BCUT2D eigenvalue weighted by molar-refractivity contribution is 5.98. The van der Waals surface area contributed by atoms with Crippen LogP contribution in [0.15, 0.2) is 47.2 Å². The van der Waals surface area contributed by atoms with Gasteiger partial charge < -0.3 is 14.2 Å². The predicted molar refractivity (Wildman–Crippen MR) is 120 cm³/mol. The Labute approximate surface area is 195 Å². The van der Waals surface area contributed by atoms with E-state index >= 15 is 0 Å². The lowest BCUT2D eigenvalue weighted by atomic mass is 10.0. The van der Waals surface area contributed by atoms with E-state index in [4.69, 9.17) is 9.26 Å². The van der Waals surface area contributed by atoms with Gasteiger partial charge in [0, 0.05) is 6.54 Å². The lowest BCUT2D eigenvalue weighted by molar-refractivity contribution is 0.0728. The van der Waals surface area contributed by atoms with Crippen LogP contribution in [0.25, 0.3) is 17.1 Å². The number of benzene rings is 2. The van der Waals surface area contributed by atoms with E-state index in [0.29, 0.717) is 35.6 Å². The summed E-state index contributed by atoms with van der Waals surface area (Å²) >= 11 is 0. The van der Waals surface area contributed by atoms with Crippen molar-refractivity contribution >= 4 is 5.91 Å². The minimum Gasteiger partial charge on any atom is -0.493 e. The Hall–Kier alpha value is -4.08. The number of carbonyl (C=O) groups excluding carboxylic acids is 1. The maximum Gasteiger partial charge on any atom is 0.261 e. The molecular weight excluding hydrogens is 439 g/mol. The zero-order valence-electron chi connectivity index (χ0n) is 19.0. The molecule has 1 amide bonds. The highest BCUT2D eigenvalue weighted by Crippen LogP contribution is 2.36. The summed E-state index contributed by atoms with van der Waals surface area (Å²) in [6.45, 7) is 4.50. The maximum atomic E-state index is 14.1. The topological polar surface area (TPSA) is 99.2 Å². The van der Waals surface area contributed by atoms with Crippen molar-refractivity contribution < 1.29 is 18.4 Å². The molecule has 1 unspecified atom stereocenters. The van der Waals surface area contributed by atoms with E-state index in [9.17, 15) is 9.18 Å². The number of likely N-dealkylation sites (tertiary alicyclic amines) is 1. The first kappa shape index (κ1) is 21.7. The quantitative estimate of drug-likeness (QED) is 0.441. The number of aryl methyl sites for hydroxylation is 2. The number of amides is 1. The second-order valence-electron chi connectivity index (χ2n) is 8.21. The number of rotatable bonds is 5. The van der Waals surface area contributed by atoms with Crippen molar-refractivity contribution in [3.63, 3.8) is 0 Å². The molecule has 1 saturated heterocycles. The Morgan fingerprint density at radius 3 is 2.71 bits per heavy atom. The third kappa shape index (κ3) is 3.70. The lowest BCUT2D eigenvalue weighted by Gasteiger charge is -2.24. The first-order chi connectivity index (χ1) is 16.5. The zero-order valence-corrected chi connectivity index (χ0v) is 19.0. The molecule has 1 aliphatic heterocycles. The predicted octanol–water partition coefficient (Wildman–Crippen LogP) is 4.06. The zero-order chi connectivity index (χ0) is 23.8. The van der Waals surface area contributed by atoms with E-state index in [0.717, 1.165) is 17.5 Å². The summed E-state index contributed by atoms with van der Waals surface area (Å²) in [5.41, 5.74) is 3.51. The molecule has 34 heavy (non-hydrogen) atoms. The molecule has 0 spiro atoms. The molecule has 1 atom stereocenters. The molecule has 0 bridgehead atoms. The van der Waals surface area contributed by atoms with Crippen LogP contribution in [-0.2, 0) is 0 Å². The standard InChI is InChI=1S/C24H23FN6O3/c1-14-12-17(20(13-15(14)2)31-26-9-10-27-31)24(32)30-11-5-8-19(30)22-28-23(34-29-22)16-6-4-7-18(25)21(16)33-3/h4,6-7,9-10,12-13,19H,5,8,11H2,1-3H3. The van der Waals surface area contributed by atoms with Gasteiger partial charge in [-0.1, -0.05) is 11.2 Å². The second-order valence-corrected chi connectivity index (χ2v) is 8.21. The minimum absolute atomic E-state index is 0.0311. The molecule has 5 rings (SSSR count). The number of ether oxygens (including phenoxy) is 1. The normalized spacial score (nSPS) is 15.6. The van der Waals surface area contributed by atoms with E-state index in [1.165, 1.54) is 18.0 Å². The van der Waals surface area contributed by atoms with Crippen molar-refractivity contribution in [3.05, 3.63) is 71.1 Å². The lowest BCUT2D eigenvalue weighted by Crippen LogP contribution is -2.32. The molecule has 0 N–H and O–H groups in total. The Kier molecular flexibility index (Phi) is 5.56. The molecule has 2 aromatic carbocycles. The van der Waals surface area contributed by atoms with Crippen LogP contribution in [0.1, 0.15) is 46.2 Å². The summed E-state index contributed by atoms with van der Waals surface area (Å²) < 4.78 is 24.7. The van der Waals surface area contributed by atoms with Crippen LogP contribution < -0.4 is 4.74 Å². The number of nitrogens with zero attached hydrogens (tertiary/aromatic N) is 6. The van der Waals surface area contributed by atoms with Gasteiger partial charge in [-0.05, 0) is 62.1 Å². The fourth-order valence-corrected chi connectivity index (χ4v) is 4.28. The first-order valence-corrected chi connectivity index (χ1v) is 10.9. The average molecular weight is 462 g/mol. The molecule has 0 radical (unpaired) electrons. The fraction of sp³-hybridized carbons (Fsp3) is 0.292. The van der Waals surface area contributed by atoms with Gasteiger partial charge in [-0.2, -0.15) is 20.0 Å². The SMILES string of the molecule is COc1c(F)cccc1-c1nc(C2CCCN2C(=O)c2cc(C)c(C)cc2-n2nccn2)no1. The largest absolute Gasteiger partial charge is 0.493 e. The smallest absolute Gasteiger partial charge is 0.261 e. The third-order valence-electron chi connectivity index (χ3n) is 6.13. The average Bonchev–Trinajstić information content (AvgIpc) is 3.61. The summed E-state index contributed by atoms with van der Waals surface area (Å²) in [7, 11) is 1.38. The Morgan fingerprint density at radius 1 is 1.18 bits per heavy atom. The van der Waals surface area contributed by atoms with E-state index in [1.807, 2.05) is 26.0 Å². The van der Waals surface area contributed by atoms with Gasteiger partial charge >= 0.3 is 0 Å². The number of hydrogen-bond donors (Lipinski definition) is 0. The first-order valence-electron chi connectivity index (χ1n) is 10.9. The molecule has 1 aliphatic rings. The molecule has 10 heteroatoms. The molecule has 174 valence electrons. The van der Waals surface area contributed by atoms with Gasteiger partial charge in [0.15, 0.2) is 17.4 Å². The van der Waals surface area contributed by atoms with E-state index in [2.05, 4.69) is 20.3 Å². The molecule has 9 nitrogen and oxygen atoms in total. The van der Waals surface area contributed by atoms with Crippen molar-refractivity contribution in [2.75, 3.05) is 13.7 Å². The van der Waals surface area contributed by atoms with Crippen LogP contribution in [0.3, 0.4) is 0 Å². The van der Waals surface area contributed by atoms with Crippen molar-refractivity contribution in [1.82, 2.24) is 30.0 Å². The Bertz CT molecular complexity index is 1350. The molecule has 4 aromatic rings. The number of halogens is 1. The van der Waals surface area contributed by atoms with Crippen molar-refractivity contribution in [2.45, 2.75) is 32.7 Å². The van der Waals surface area contributed by atoms with Gasteiger partial charge in [0.05, 0.1) is 42.4 Å². The number of carbonyl (C=O) groups is 1. The minimum atomic E-state index is -0.521. The van der Waals surface area contributed by atoms with Gasteiger partial charge in [-0.15, -0.1) is 0 Å². The monoisotopic (exact) mass is 462 g/mol. The molecule has 2 aromatic heterocycles. The van der Waals surface area contributed by atoms with Crippen molar-refractivity contribution in [1.29, 1.82) is 0 Å². The van der Waals surface area contributed by atoms with Crippen molar-refractivity contribution in [2.24, 2.45) is 0 Å². The van der Waals surface area contributed by atoms with Gasteiger partial charge in [0.1, 0.15) is 0 Å². The molecular formula is C24H23FN6O3. The third-order valence-corrected chi connectivity index (χ3v) is 6.13. The molecule has 0 aliphatic carbocycles. The number of para-hydroxylation sites is 1. The second kappa shape index (κ2) is 8.69. The fourth-order valence-electron chi connectivity index (χ4n) is 4.28. The van der Waals surface area contributed by atoms with Crippen LogP contribution in [0.4, 0.5) is 4.39 Å². The Balaban J connectivity index is 1.49. The highest BCUT2D eigenvalue weighted by Gasteiger charge is 2.35. The maximum absolute atomic E-state index is 14.1. The summed E-state index contributed by atoms with van der Waals surface area (Å²) in [5.74, 6) is -0.143.